The number of likely N-dealkylation sites (N-methyl/N-ethyl adjacent to an activating group) is 1. The fourth-order valence-corrected chi connectivity index (χ4v) is 4.12. The van der Waals surface area contributed by atoms with Crippen LogP contribution in [0.25, 0.3) is 5.57 Å². The molecule has 1 aliphatic heterocycles. The Morgan fingerprint density at radius 1 is 1.26 bits per heavy atom. The summed E-state index contributed by atoms with van der Waals surface area (Å²) in [6, 6.07) is 0. The zero-order chi connectivity index (χ0) is 25.8. The molecule has 3 rings (SSSR count). The molecule has 4 nitrogen and oxygen atoms in total. The molecule has 0 fully saturated rings. The number of nitrogens with one attached hydrogen (secondary N) is 1. The zero-order valence-electron chi connectivity index (χ0n) is 21.0. The number of hydrogen-bond acceptors (Lipinski definition) is 3. The van der Waals surface area contributed by atoms with E-state index in [0.29, 0.717) is 11.1 Å². The average molecular weight is 483 g/mol. The van der Waals surface area contributed by atoms with Crippen LogP contribution in [0.15, 0.2) is 101 Å². The van der Waals surface area contributed by atoms with Crippen LogP contribution < -0.4 is 5.32 Å². The van der Waals surface area contributed by atoms with Crippen LogP contribution in [-0.4, -0.2) is 28.3 Å². The van der Waals surface area contributed by atoms with Crippen LogP contribution in [0, 0.1) is 0 Å². The molecule has 2 aliphatic rings. The van der Waals surface area contributed by atoms with Gasteiger partial charge in [0, 0.05) is 54.6 Å². The molecule has 0 radical (unpaired) electrons. The molecule has 0 unspecified atom stereocenters. The van der Waals surface area contributed by atoms with Gasteiger partial charge in [0.05, 0.1) is 6.20 Å². The van der Waals surface area contributed by atoms with E-state index in [9.17, 15) is 13.2 Å². The number of halogens is 3. The summed E-state index contributed by atoms with van der Waals surface area (Å²) in [6.07, 6.45) is 14.3. The Hall–Kier alpha value is -3.48. The van der Waals surface area contributed by atoms with Gasteiger partial charge >= 0.3 is 6.30 Å². The van der Waals surface area contributed by atoms with E-state index in [0.717, 1.165) is 64.7 Å². The molecule has 2 heterocycles. The first-order valence-corrected chi connectivity index (χ1v) is 11.7. The van der Waals surface area contributed by atoms with E-state index in [-0.39, 0.29) is 4.68 Å². The first kappa shape index (κ1) is 26.1. The van der Waals surface area contributed by atoms with Gasteiger partial charge in [-0.15, -0.1) is 13.2 Å². The molecule has 1 aliphatic carbocycles. The topological polar surface area (TPSA) is 33.1 Å². The van der Waals surface area contributed by atoms with Gasteiger partial charge in [0.15, 0.2) is 0 Å². The molecule has 0 aromatic carbocycles. The molecule has 0 spiro atoms. The Bertz CT molecular complexity index is 1200. The molecule has 35 heavy (non-hydrogen) atoms. The summed E-state index contributed by atoms with van der Waals surface area (Å²) in [7, 11) is 1.95. The Balaban J connectivity index is 2.12. The minimum Gasteiger partial charge on any atom is -0.391 e. The number of hydrogen-bond donors (Lipinski definition) is 1. The van der Waals surface area contributed by atoms with Crippen molar-refractivity contribution in [2.45, 2.75) is 46.8 Å². The number of nitrogens with zero attached hydrogens (tertiary/aromatic N) is 3. The van der Waals surface area contributed by atoms with Crippen molar-refractivity contribution in [3.05, 3.63) is 106 Å². The van der Waals surface area contributed by atoms with Crippen LogP contribution in [0.3, 0.4) is 0 Å². The van der Waals surface area contributed by atoms with Crippen molar-refractivity contribution in [2.75, 3.05) is 13.6 Å². The largest absolute Gasteiger partial charge is 0.504 e. The van der Waals surface area contributed by atoms with Crippen LogP contribution in [0.2, 0.25) is 0 Å². The smallest absolute Gasteiger partial charge is 0.391 e. The lowest BCUT2D eigenvalue weighted by molar-refractivity contribution is -0.212. The lowest BCUT2D eigenvalue weighted by Gasteiger charge is -2.30. The highest BCUT2D eigenvalue weighted by Crippen LogP contribution is 2.39. The molecule has 0 saturated carbocycles. The van der Waals surface area contributed by atoms with Gasteiger partial charge in [0.1, 0.15) is 0 Å². The average Bonchev–Trinajstić information content (AvgIpc) is 3.34. The number of allylic oxidation sites excluding steroid dienone is 12. The van der Waals surface area contributed by atoms with E-state index in [1.807, 2.05) is 44.3 Å². The van der Waals surface area contributed by atoms with Gasteiger partial charge in [0.25, 0.3) is 0 Å². The van der Waals surface area contributed by atoms with Crippen LogP contribution in [0.4, 0.5) is 13.2 Å². The van der Waals surface area contributed by atoms with Crippen molar-refractivity contribution in [3.63, 3.8) is 0 Å². The van der Waals surface area contributed by atoms with Gasteiger partial charge in [-0.2, -0.15) is 9.78 Å². The third kappa shape index (κ3) is 5.78. The van der Waals surface area contributed by atoms with E-state index >= 15 is 0 Å². The summed E-state index contributed by atoms with van der Waals surface area (Å²) < 4.78 is 39.3. The van der Waals surface area contributed by atoms with Crippen LogP contribution in [0.1, 0.15) is 46.1 Å². The maximum absolute atomic E-state index is 13.1. The van der Waals surface area contributed by atoms with E-state index in [1.165, 1.54) is 6.20 Å². The number of alkyl halides is 3. The van der Waals surface area contributed by atoms with Crippen LogP contribution in [-0.2, 0) is 6.30 Å². The quantitative estimate of drug-likeness (QED) is 0.420. The van der Waals surface area contributed by atoms with Crippen molar-refractivity contribution in [1.29, 1.82) is 0 Å². The van der Waals surface area contributed by atoms with Crippen LogP contribution in [0.5, 0.6) is 0 Å². The van der Waals surface area contributed by atoms with E-state index < -0.39 is 6.30 Å². The molecular weight excluding hydrogens is 449 g/mol. The minimum absolute atomic E-state index is 0.0295. The lowest BCUT2D eigenvalue weighted by atomic mass is 9.83. The van der Waals surface area contributed by atoms with Crippen LogP contribution >= 0.6 is 0 Å². The second kappa shape index (κ2) is 10.8. The van der Waals surface area contributed by atoms with Crippen molar-refractivity contribution < 1.29 is 13.2 Å². The highest BCUT2D eigenvalue weighted by Gasteiger charge is 2.31. The molecule has 1 N–H and O–H groups in total. The summed E-state index contributed by atoms with van der Waals surface area (Å²) >= 11 is 0. The highest BCUT2D eigenvalue weighted by molar-refractivity contribution is 5.74. The molecule has 0 bridgehead atoms. The van der Waals surface area contributed by atoms with Gasteiger partial charge < -0.3 is 10.2 Å². The van der Waals surface area contributed by atoms with Gasteiger partial charge in [-0.1, -0.05) is 37.0 Å². The first-order valence-electron chi connectivity index (χ1n) is 11.7. The fraction of sp³-hybridized carbons (Fsp3) is 0.321. The zero-order valence-corrected chi connectivity index (χ0v) is 21.0. The Kier molecular flexibility index (Phi) is 8.10. The molecular formula is C28H33F3N4. The normalized spacial score (nSPS) is 18.2. The molecule has 0 amide bonds. The fourth-order valence-electron chi connectivity index (χ4n) is 4.12. The van der Waals surface area contributed by atoms with Gasteiger partial charge in [-0.25, -0.2) is 0 Å². The van der Waals surface area contributed by atoms with Crippen molar-refractivity contribution in [1.82, 2.24) is 20.0 Å². The summed E-state index contributed by atoms with van der Waals surface area (Å²) in [6.45, 7) is 12.8. The van der Waals surface area contributed by atoms with Crippen molar-refractivity contribution in [3.8, 4) is 0 Å². The number of aromatic nitrogens is 2. The van der Waals surface area contributed by atoms with Gasteiger partial charge in [-0.3, -0.25) is 0 Å². The molecule has 0 saturated heterocycles. The van der Waals surface area contributed by atoms with E-state index in [2.05, 4.69) is 48.2 Å². The molecule has 7 heteroatoms. The van der Waals surface area contributed by atoms with Gasteiger partial charge in [0.2, 0.25) is 0 Å². The Labute approximate surface area is 205 Å². The van der Waals surface area contributed by atoms with Crippen molar-refractivity contribution in [2.24, 2.45) is 0 Å². The first-order chi connectivity index (χ1) is 16.6. The molecule has 1 aromatic heterocycles. The molecule has 0 atom stereocenters. The standard InChI is InChI=1S/C28H33F3N4/c1-7-24(26(16-32-8-2)22-12-10-9-11-13-22)27-18-34(6)21(5)20(4)25(27)14-19(3)23-15-33-35(17-23)28(29,30)31/h7,10,12-18,32H,5,8-9,11H2,1-4,6H3/b19-14+,24-7+,26-16-. The van der Waals surface area contributed by atoms with Gasteiger partial charge in [-0.05, 0) is 68.4 Å². The second-order valence-corrected chi connectivity index (χ2v) is 8.57. The molecule has 186 valence electrons. The third-order valence-electron chi connectivity index (χ3n) is 6.16. The lowest BCUT2D eigenvalue weighted by Crippen LogP contribution is -2.19. The highest BCUT2D eigenvalue weighted by atomic mass is 19.4. The SMILES string of the molecule is C=C1C(C)=C(/C=C(\C)c2cnn(C(F)(F)F)c2)C(C(=C/C)/C(=C\NCC)C2=CCCC=C2)=CN1C. The minimum atomic E-state index is -4.55. The Morgan fingerprint density at radius 2 is 2.00 bits per heavy atom. The maximum atomic E-state index is 13.1. The predicted octanol–water partition coefficient (Wildman–Crippen LogP) is 7.14. The van der Waals surface area contributed by atoms with Crippen molar-refractivity contribution >= 4 is 5.57 Å². The summed E-state index contributed by atoms with van der Waals surface area (Å²) in [5.41, 5.74) is 8.03. The summed E-state index contributed by atoms with van der Waals surface area (Å²) in [5.74, 6) is 0. The second-order valence-electron chi connectivity index (χ2n) is 8.57. The number of rotatable bonds is 7. The summed E-state index contributed by atoms with van der Waals surface area (Å²) in [5, 5.41) is 6.84. The predicted molar refractivity (Wildman–Crippen MR) is 137 cm³/mol. The molecule has 1 aromatic rings. The monoisotopic (exact) mass is 482 g/mol. The third-order valence-corrected chi connectivity index (χ3v) is 6.16. The summed E-state index contributed by atoms with van der Waals surface area (Å²) in [4.78, 5) is 1.98. The van der Waals surface area contributed by atoms with E-state index in [1.54, 1.807) is 6.92 Å². The Morgan fingerprint density at radius 3 is 2.57 bits per heavy atom. The maximum Gasteiger partial charge on any atom is 0.504 e. The van der Waals surface area contributed by atoms with E-state index in [4.69, 9.17) is 0 Å².